The molecule has 0 unspecified atom stereocenters. The summed E-state index contributed by atoms with van der Waals surface area (Å²) in [5.74, 6) is 0.254. The highest BCUT2D eigenvalue weighted by Crippen LogP contribution is 2.25. The zero-order chi connectivity index (χ0) is 20.9. The van der Waals surface area contributed by atoms with Gasteiger partial charge < -0.3 is 5.32 Å². The lowest BCUT2D eigenvalue weighted by atomic mass is 9.86. The largest absolute Gasteiger partial charge is 0.340 e. The monoisotopic (exact) mass is 420 g/mol. The molecule has 1 heterocycles. The Labute approximate surface area is 174 Å². The second kappa shape index (κ2) is 9.52. The van der Waals surface area contributed by atoms with Crippen LogP contribution in [0, 0.1) is 5.92 Å². The molecule has 1 aromatic heterocycles. The topological polar surface area (TPSA) is 84.0 Å². The van der Waals surface area contributed by atoms with Crippen molar-refractivity contribution < 1.29 is 9.59 Å². The fraction of sp³-hybridized carbons (Fsp3) is 0.500. The molecule has 0 spiro atoms. The zero-order valence-corrected chi connectivity index (χ0v) is 18.8. The second-order valence-corrected chi connectivity index (χ2v) is 10.3. The maximum atomic E-state index is 12.7. The molecule has 28 heavy (non-hydrogen) atoms. The Morgan fingerprint density at radius 1 is 1.14 bits per heavy atom. The molecule has 0 radical (unpaired) electrons. The molecule has 2 rings (SSSR count). The van der Waals surface area contributed by atoms with E-state index in [1.165, 1.54) is 11.3 Å². The first-order valence-electron chi connectivity index (χ1n) is 9.30. The third-order valence-electron chi connectivity index (χ3n) is 4.15. The van der Waals surface area contributed by atoms with Gasteiger partial charge in [0.15, 0.2) is 4.34 Å². The Morgan fingerprint density at radius 3 is 2.32 bits per heavy atom. The van der Waals surface area contributed by atoms with Crippen LogP contribution in [0.3, 0.4) is 0 Å². The Morgan fingerprint density at radius 2 is 1.79 bits per heavy atom. The van der Waals surface area contributed by atoms with Gasteiger partial charge in [0.2, 0.25) is 11.0 Å². The third kappa shape index (κ3) is 6.04. The van der Waals surface area contributed by atoms with Crippen LogP contribution >= 0.6 is 23.1 Å². The summed E-state index contributed by atoms with van der Waals surface area (Å²) in [5.41, 5.74) is 1.70. The molecule has 0 aliphatic carbocycles. The lowest BCUT2D eigenvalue weighted by Crippen LogP contribution is -2.47. The lowest BCUT2D eigenvalue weighted by molar-refractivity contribution is -0.118. The molecule has 0 aliphatic rings. The van der Waals surface area contributed by atoms with E-state index in [4.69, 9.17) is 0 Å². The summed E-state index contributed by atoms with van der Waals surface area (Å²) in [6.07, 6.45) is 0. The van der Waals surface area contributed by atoms with Crippen molar-refractivity contribution in [1.82, 2.24) is 15.5 Å². The van der Waals surface area contributed by atoms with Crippen molar-refractivity contribution in [3.63, 3.8) is 0 Å². The average molecular weight is 421 g/mol. The van der Waals surface area contributed by atoms with Crippen LogP contribution < -0.4 is 10.6 Å². The molecule has 0 aliphatic heterocycles. The van der Waals surface area contributed by atoms with Crippen molar-refractivity contribution in [2.45, 2.75) is 57.3 Å². The number of nitrogens with one attached hydrogen (secondary N) is 2. The molecule has 0 saturated heterocycles. The van der Waals surface area contributed by atoms with Gasteiger partial charge in [-0.3, -0.25) is 14.9 Å². The van der Waals surface area contributed by atoms with Crippen molar-refractivity contribution in [2.24, 2.45) is 5.92 Å². The van der Waals surface area contributed by atoms with Gasteiger partial charge in [0.25, 0.3) is 5.91 Å². The molecule has 2 amide bonds. The number of amides is 2. The summed E-state index contributed by atoms with van der Waals surface area (Å²) in [6.45, 7) is 12.2. The molecule has 0 fully saturated rings. The number of aromatic nitrogens is 2. The van der Waals surface area contributed by atoms with Crippen LogP contribution in [-0.2, 0) is 10.2 Å². The van der Waals surface area contributed by atoms with Crippen molar-refractivity contribution in [2.75, 3.05) is 11.1 Å². The molecular weight excluding hydrogens is 392 g/mol. The van der Waals surface area contributed by atoms with E-state index < -0.39 is 6.04 Å². The van der Waals surface area contributed by atoms with Crippen LogP contribution in [0.4, 0.5) is 5.13 Å². The van der Waals surface area contributed by atoms with Gasteiger partial charge >= 0.3 is 0 Å². The average Bonchev–Trinajstić information content (AvgIpc) is 3.05. The first-order chi connectivity index (χ1) is 13.1. The first kappa shape index (κ1) is 22.4. The summed E-state index contributed by atoms with van der Waals surface area (Å²) >= 11 is 2.90. The number of hydrogen-bond acceptors (Lipinski definition) is 6. The minimum Gasteiger partial charge on any atom is -0.340 e. The van der Waals surface area contributed by atoms with Crippen LogP contribution in [0.2, 0.25) is 0 Å². The van der Waals surface area contributed by atoms with Crippen molar-refractivity contribution in [3.8, 4) is 0 Å². The van der Waals surface area contributed by atoms with Crippen LogP contribution in [0.1, 0.15) is 57.5 Å². The van der Waals surface area contributed by atoms with Crippen LogP contribution in [0.5, 0.6) is 0 Å². The molecule has 1 aromatic carbocycles. The summed E-state index contributed by atoms with van der Waals surface area (Å²) in [6, 6.07) is 6.83. The smallest absolute Gasteiger partial charge is 0.251 e. The molecule has 0 bridgehead atoms. The molecular formula is C20H28N4O2S2. The summed E-state index contributed by atoms with van der Waals surface area (Å²) in [4.78, 5) is 25.3. The predicted molar refractivity (Wildman–Crippen MR) is 116 cm³/mol. The zero-order valence-electron chi connectivity index (χ0n) is 17.2. The Balaban J connectivity index is 2.06. The van der Waals surface area contributed by atoms with E-state index in [-0.39, 0.29) is 23.1 Å². The van der Waals surface area contributed by atoms with E-state index >= 15 is 0 Å². The molecule has 0 saturated carbocycles. The van der Waals surface area contributed by atoms with E-state index in [0.717, 1.165) is 15.7 Å². The van der Waals surface area contributed by atoms with Crippen molar-refractivity contribution in [1.29, 1.82) is 0 Å². The van der Waals surface area contributed by atoms with Gasteiger partial charge in [-0.15, -0.1) is 10.2 Å². The van der Waals surface area contributed by atoms with Crippen molar-refractivity contribution >= 4 is 40.0 Å². The van der Waals surface area contributed by atoms with Crippen LogP contribution in [0.15, 0.2) is 28.6 Å². The van der Waals surface area contributed by atoms with Crippen LogP contribution in [0.25, 0.3) is 0 Å². The number of benzene rings is 1. The Hall–Kier alpha value is -1.93. The standard InChI is InChI=1S/C20H28N4O2S2/c1-7-27-19-24-23-18(28-19)22-17(26)15(12(2)3)21-16(25)13-8-10-14(11-9-13)20(4,5)6/h8-12,15H,7H2,1-6H3,(H,21,25)(H,22,23,26)/t15-/m1/s1. The summed E-state index contributed by atoms with van der Waals surface area (Å²) in [5, 5.41) is 14.1. The second-order valence-electron chi connectivity index (χ2n) is 7.82. The summed E-state index contributed by atoms with van der Waals surface area (Å²) < 4.78 is 0.807. The first-order valence-corrected chi connectivity index (χ1v) is 11.1. The number of carbonyl (C=O) groups is 2. The normalized spacial score (nSPS) is 12.7. The number of hydrogen-bond donors (Lipinski definition) is 2. The lowest BCUT2D eigenvalue weighted by Gasteiger charge is -2.22. The van der Waals surface area contributed by atoms with Gasteiger partial charge in [0.05, 0.1) is 0 Å². The molecule has 2 N–H and O–H groups in total. The highest BCUT2D eigenvalue weighted by atomic mass is 32.2. The highest BCUT2D eigenvalue weighted by Gasteiger charge is 2.26. The summed E-state index contributed by atoms with van der Waals surface area (Å²) in [7, 11) is 0. The molecule has 6 nitrogen and oxygen atoms in total. The van der Waals surface area contributed by atoms with Gasteiger partial charge in [-0.05, 0) is 34.8 Å². The molecule has 1 atom stereocenters. The fourth-order valence-corrected chi connectivity index (χ4v) is 4.16. The van der Waals surface area contributed by atoms with Gasteiger partial charge in [0.1, 0.15) is 6.04 Å². The minimum absolute atomic E-state index is 0.0199. The number of anilines is 1. The SMILES string of the molecule is CCSc1nnc(NC(=O)[C@H](NC(=O)c2ccc(C(C)(C)C)cc2)C(C)C)s1. The van der Waals surface area contributed by atoms with E-state index in [0.29, 0.717) is 10.7 Å². The number of nitrogens with zero attached hydrogens (tertiary/aromatic N) is 2. The fourth-order valence-electron chi connectivity index (χ4n) is 2.51. The van der Waals surface area contributed by atoms with E-state index in [9.17, 15) is 9.59 Å². The molecule has 152 valence electrons. The Bertz CT molecular complexity index is 810. The quantitative estimate of drug-likeness (QED) is 0.514. The van der Waals surface area contributed by atoms with Gasteiger partial charge in [-0.1, -0.05) is 76.8 Å². The highest BCUT2D eigenvalue weighted by molar-refractivity contribution is 8.01. The number of thioether (sulfide) groups is 1. The predicted octanol–water partition coefficient (Wildman–Crippen LogP) is 4.34. The number of carbonyl (C=O) groups excluding carboxylic acids is 2. The minimum atomic E-state index is -0.666. The maximum Gasteiger partial charge on any atom is 0.251 e. The van der Waals surface area contributed by atoms with Gasteiger partial charge in [-0.2, -0.15) is 0 Å². The van der Waals surface area contributed by atoms with Crippen molar-refractivity contribution in [3.05, 3.63) is 35.4 Å². The number of rotatable bonds is 7. The Kier molecular flexibility index (Phi) is 7.60. The van der Waals surface area contributed by atoms with E-state index in [2.05, 4.69) is 41.6 Å². The van der Waals surface area contributed by atoms with Gasteiger partial charge in [-0.25, -0.2) is 0 Å². The van der Waals surface area contributed by atoms with E-state index in [1.54, 1.807) is 23.9 Å². The third-order valence-corrected chi connectivity index (χ3v) is 6.01. The van der Waals surface area contributed by atoms with E-state index in [1.807, 2.05) is 32.9 Å². The van der Waals surface area contributed by atoms with Crippen LogP contribution in [-0.4, -0.2) is 33.8 Å². The van der Waals surface area contributed by atoms with Gasteiger partial charge in [0, 0.05) is 5.56 Å². The maximum absolute atomic E-state index is 12.7. The molecule has 2 aromatic rings. The molecule has 8 heteroatoms.